The second-order valence-corrected chi connectivity index (χ2v) is 4.30. The second kappa shape index (κ2) is 5.42. The van der Waals surface area contributed by atoms with Crippen LogP contribution >= 0.6 is 12.4 Å². The maximum atomic E-state index is 11.4. The molecule has 0 atom stereocenters. The molecule has 0 amide bonds. The average molecular weight is 266 g/mol. The summed E-state index contributed by atoms with van der Waals surface area (Å²) in [5.41, 5.74) is 2.03. The van der Waals surface area contributed by atoms with Gasteiger partial charge in [0.2, 0.25) is 5.56 Å². The van der Waals surface area contributed by atoms with Gasteiger partial charge in [0.15, 0.2) is 0 Å². The Balaban J connectivity index is 0.00000120. The minimum absolute atomic E-state index is 0. The van der Waals surface area contributed by atoms with Crippen molar-refractivity contribution < 1.29 is 0 Å². The summed E-state index contributed by atoms with van der Waals surface area (Å²) >= 11 is 0. The number of piperazine rings is 1. The van der Waals surface area contributed by atoms with Gasteiger partial charge in [-0.1, -0.05) is 12.1 Å². The Kier molecular flexibility index (Phi) is 3.89. The molecule has 0 bridgehead atoms. The SMILES string of the molecule is Cl.O=c1ccc2cccc(N3CCNCC3)c2[nH]1. The first-order valence-corrected chi connectivity index (χ1v) is 5.92. The largest absolute Gasteiger partial charge is 0.367 e. The first-order chi connectivity index (χ1) is 8.34. The summed E-state index contributed by atoms with van der Waals surface area (Å²) in [5, 5.41) is 4.41. The van der Waals surface area contributed by atoms with Crippen LogP contribution in [0.3, 0.4) is 0 Å². The fourth-order valence-corrected chi connectivity index (χ4v) is 2.33. The summed E-state index contributed by atoms with van der Waals surface area (Å²) in [4.78, 5) is 16.7. The van der Waals surface area contributed by atoms with Crippen molar-refractivity contribution in [3.63, 3.8) is 0 Å². The molecule has 1 fully saturated rings. The van der Waals surface area contributed by atoms with Crippen molar-refractivity contribution in [1.82, 2.24) is 10.3 Å². The summed E-state index contributed by atoms with van der Waals surface area (Å²) in [6.45, 7) is 3.95. The zero-order valence-corrected chi connectivity index (χ0v) is 10.8. The van der Waals surface area contributed by atoms with Crippen LogP contribution in [0.25, 0.3) is 10.9 Å². The van der Waals surface area contributed by atoms with E-state index in [-0.39, 0.29) is 18.0 Å². The number of H-pyrrole nitrogens is 1. The third-order valence-electron chi connectivity index (χ3n) is 3.19. The van der Waals surface area contributed by atoms with E-state index in [4.69, 9.17) is 0 Å². The number of pyridine rings is 1. The number of hydrogen-bond acceptors (Lipinski definition) is 3. The third-order valence-corrected chi connectivity index (χ3v) is 3.19. The number of nitrogens with zero attached hydrogens (tertiary/aromatic N) is 1. The molecule has 2 N–H and O–H groups in total. The lowest BCUT2D eigenvalue weighted by atomic mass is 10.1. The maximum Gasteiger partial charge on any atom is 0.248 e. The monoisotopic (exact) mass is 265 g/mol. The molecule has 0 saturated carbocycles. The van der Waals surface area contributed by atoms with Gasteiger partial charge >= 0.3 is 0 Å². The smallest absolute Gasteiger partial charge is 0.248 e. The molecule has 5 heteroatoms. The zero-order chi connectivity index (χ0) is 11.7. The van der Waals surface area contributed by atoms with E-state index >= 15 is 0 Å². The highest BCUT2D eigenvalue weighted by atomic mass is 35.5. The van der Waals surface area contributed by atoms with Gasteiger partial charge in [-0.15, -0.1) is 12.4 Å². The van der Waals surface area contributed by atoms with Crippen LogP contribution in [0.2, 0.25) is 0 Å². The fraction of sp³-hybridized carbons (Fsp3) is 0.308. The highest BCUT2D eigenvalue weighted by molar-refractivity contribution is 5.90. The molecule has 1 saturated heterocycles. The fourth-order valence-electron chi connectivity index (χ4n) is 2.33. The molecule has 4 nitrogen and oxygen atoms in total. The molecular formula is C13H16ClN3O. The quantitative estimate of drug-likeness (QED) is 0.819. The molecule has 2 aromatic rings. The number of aromatic amines is 1. The van der Waals surface area contributed by atoms with E-state index in [2.05, 4.69) is 21.3 Å². The van der Waals surface area contributed by atoms with Crippen molar-refractivity contribution in [2.45, 2.75) is 0 Å². The van der Waals surface area contributed by atoms with Crippen LogP contribution in [0.5, 0.6) is 0 Å². The number of para-hydroxylation sites is 1. The summed E-state index contributed by atoms with van der Waals surface area (Å²) < 4.78 is 0. The van der Waals surface area contributed by atoms with Gasteiger partial charge < -0.3 is 15.2 Å². The summed E-state index contributed by atoms with van der Waals surface area (Å²) in [6, 6.07) is 9.59. The number of fused-ring (bicyclic) bond motifs is 1. The average Bonchev–Trinajstić information content (AvgIpc) is 2.39. The number of halogens is 1. The maximum absolute atomic E-state index is 11.4. The zero-order valence-electron chi connectivity index (χ0n) is 9.98. The Morgan fingerprint density at radius 3 is 2.61 bits per heavy atom. The van der Waals surface area contributed by atoms with Gasteiger partial charge in [0, 0.05) is 37.6 Å². The molecule has 3 rings (SSSR count). The Morgan fingerprint density at radius 1 is 1.06 bits per heavy atom. The first kappa shape index (κ1) is 12.9. The predicted octanol–water partition coefficient (Wildman–Crippen LogP) is 1.36. The highest BCUT2D eigenvalue weighted by Crippen LogP contribution is 2.23. The van der Waals surface area contributed by atoms with Crippen LogP contribution in [0.1, 0.15) is 0 Å². The molecule has 1 aliphatic heterocycles. The normalized spacial score (nSPS) is 15.4. The van der Waals surface area contributed by atoms with E-state index in [1.165, 1.54) is 0 Å². The molecule has 1 aliphatic rings. The van der Waals surface area contributed by atoms with Crippen molar-refractivity contribution in [3.8, 4) is 0 Å². The Bertz CT molecular complexity index is 590. The summed E-state index contributed by atoms with van der Waals surface area (Å²) in [7, 11) is 0. The van der Waals surface area contributed by atoms with Crippen molar-refractivity contribution in [3.05, 3.63) is 40.7 Å². The Morgan fingerprint density at radius 2 is 1.83 bits per heavy atom. The summed E-state index contributed by atoms with van der Waals surface area (Å²) in [6.07, 6.45) is 0. The van der Waals surface area contributed by atoms with Crippen molar-refractivity contribution in [1.29, 1.82) is 0 Å². The van der Waals surface area contributed by atoms with E-state index in [1.54, 1.807) is 6.07 Å². The van der Waals surface area contributed by atoms with E-state index < -0.39 is 0 Å². The molecule has 96 valence electrons. The number of aromatic nitrogens is 1. The molecule has 0 aliphatic carbocycles. The number of hydrogen-bond donors (Lipinski definition) is 2. The molecule has 1 aromatic carbocycles. The second-order valence-electron chi connectivity index (χ2n) is 4.30. The standard InChI is InChI=1S/C13H15N3O.ClH/c17-12-5-4-10-2-1-3-11(13(10)15-12)16-8-6-14-7-9-16;/h1-5,14H,6-9H2,(H,15,17);1H. The van der Waals surface area contributed by atoms with E-state index in [0.29, 0.717) is 0 Å². The highest BCUT2D eigenvalue weighted by Gasteiger charge is 2.13. The van der Waals surface area contributed by atoms with Gasteiger partial charge in [0.05, 0.1) is 11.2 Å². The minimum atomic E-state index is -0.0416. The van der Waals surface area contributed by atoms with Gasteiger partial charge in [0.1, 0.15) is 0 Å². The number of rotatable bonds is 1. The summed E-state index contributed by atoms with van der Waals surface area (Å²) in [5.74, 6) is 0. The van der Waals surface area contributed by atoms with Gasteiger partial charge in [-0.2, -0.15) is 0 Å². The first-order valence-electron chi connectivity index (χ1n) is 5.92. The molecule has 1 aromatic heterocycles. The van der Waals surface area contributed by atoms with Crippen LogP contribution < -0.4 is 15.8 Å². The van der Waals surface area contributed by atoms with Crippen LogP contribution in [0.4, 0.5) is 5.69 Å². The lowest BCUT2D eigenvalue weighted by molar-refractivity contribution is 0.590. The molecular weight excluding hydrogens is 250 g/mol. The minimum Gasteiger partial charge on any atom is -0.367 e. The Labute approximate surface area is 111 Å². The lowest BCUT2D eigenvalue weighted by Crippen LogP contribution is -2.43. The number of nitrogens with one attached hydrogen (secondary N) is 2. The van der Waals surface area contributed by atoms with Crippen LogP contribution in [-0.4, -0.2) is 31.2 Å². The topological polar surface area (TPSA) is 48.1 Å². The molecule has 0 radical (unpaired) electrons. The predicted molar refractivity (Wildman–Crippen MR) is 76.9 cm³/mol. The third kappa shape index (κ3) is 2.35. The lowest BCUT2D eigenvalue weighted by Gasteiger charge is -2.30. The van der Waals surface area contributed by atoms with Crippen molar-refractivity contribution in [2.24, 2.45) is 0 Å². The van der Waals surface area contributed by atoms with E-state index in [9.17, 15) is 4.79 Å². The molecule has 0 unspecified atom stereocenters. The van der Waals surface area contributed by atoms with Gasteiger partial charge in [-0.25, -0.2) is 0 Å². The van der Waals surface area contributed by atoms with Crippen molar-refractivity contribution in [2.75, 3.05) is 31.1 Å². The van der Waals surface area contributed by atoms with Gasteiger partial charge in [-0.05, 0) is 12.1 Å². The van der Waals surface area contributed by atoms with Crippen LogP contribution in [0, 0.1) is 0 Å². The number of anilines is 1. The van der Waals surface area contributed by atoms with Crippen molar-refractivity contribution >= 4 is 29.0 Å². The van der Waals surface area contributed by atoms with Gasteiger partial charge in [0.25, 0.3) is 0 Å². The molecule has 18 heavy (non-hydrogen) atoms. The van der Waals surface area contributed by atoms with Gasteiger partial charge in [-0.3, -0.25) is 4.79 Å². The Hall–Kier alpha value is -1.52. The van der Waals surface area contributed by atoms with Crippen LogP contribution in [0.15, 0.2) is 35.1 Å². The molecule has 2 heterocycles. The van der Waals surface area contributed by atoms with E-state index in [1.807, 2.05) is 18.2 Å². The number of benzene rings is 1. The molecule has 0 spiro atoms. The van der Waals surface area contributed by atoms with Crippen LogP contribution in [-0.2, 0) is 0 Å². The van der Waals surface area contributed by atoms with E-state index in [0.717, 1.165) is 42.8 Å².